The summed E-state index contributed by atoms with van der Waals surface area (Å²) in [5.41, 5.74) is 0.0141. The van der Waals surface area contributed by atoms with E-state index in [1.165, 1.54) is 0 Å². The molecule has 0 aromatic heterocycles. The van der Waals surface area contributed by atoms with Crippen molar-refractivity contribution in [1.29, 1.82) is 5.26 Å². The summed E-state index contributed by atoms with van der Waals surface area (Å²) in [5.74, 6) is -11.0. The van der Waals surface area contributed by atoms with Crippen LogP contribution in [0.5, 0.6) is 0 Å². The van der Waals surface area contributed by atoms with Gasteiger partial charge in [-0.15, -0.1) is 0 Å². The molecule has 0 aliphatic carbocycles. The molecule has 1 unspecified atom stereocenters. The van der Waals surface area contributed by atoms with Crippen LogP contribution < -0.4 is 15.5 Å². The first-order chi connectivity index (χ1) is 18.8. The molecule has 1 aliphatic heterocycles. The third kappa shape index (κ3) is 7.09. The van der Waals surface area contributed by atoms with Gasteiger partial charge in [0.15, 0.2) is 23.3 Å². The van der Waals surface area contributed by atoms with Gasteiger partial charge in [0.2, 0.25) is 11.7 Å². The fraction of sp³-hybridized carbons (Fsp3) is 0.517. The highest BCUT2D eigenvalue weighted by atomic mass is 19.2. The second-order valence-electron chi connectivity index (χ2n) is 11.4. The molecule has 2 N–H and O–H groups in total. The average molecular weight is 566 g/mol. The van der Waals surface area contributed by atoms with Crippen LogP contribution in [-0.4, -0.2) is 55.1 Å². The maximum atomic E-state index is 15.0. The summed E-state index contributed by atoms with van der Waals surface area (Å²) in [6.07, 6.45) is 0.180. The summed E-state index contributed by atoms with van der Waals surface area (Å²) in [6, 6.07) is 5.73. The first-order valence-corrected chi connectivity index (χ1v) is 13.3. The quantitative estimate of drug-likeness (QED) is 0.193. The number of anilines is 1. The molecule has 0 saturated carbocycles. The van der Waals surface area contributed by atoms with Crippen LogP contribution in [0.15, 0.2) is 24.3 Å². The van der Waals surface area contributed by atoms with E-state index in [9.17, 15) is 18.0 Å². The standard InChI is InChI=1S/C29H36F5N5O/c1-17(2)16-20(28(40)36-11-10-35)37-27(21-22(30)24(32)26(34)25(33)23(21)31)18-6-8-19(9-7-18)38-12-14-39(15-13-38)29(3,4)5/h6-9,17,20,27,37H,11-16H2,1-5H3,(H,36,40)/t20-,27?/m0/s1. The predicted molar refractivity (Wildman–Crippen MR) is 143 cm³/mol. The minimum absolute atomic E-state index is 0.0365. The Morgan fingerprint density at radius 3 is 1.93 bits per heavy atom. The van der Waals surface area contributed by atoms with Crippen LogP contribution in [-0.2, 0) is 4.79 Å². The number of rotatable bonds is 9. The summed E-state index contributed by atoms with van der Waals surface area (Å²) in [5, 5.41) is 14.1. The van der Waals surface area contributed by atoms with Crippen molar-refractivity contribution in [2.75, 3.05) is 37.6 Å². The van der Waals surface area contributed by atoms with Gasteiger partial charge in [-0.1, -0.05) is 26.0 Å². The molecule has 0 bridgehead atoms. The van der Waals surface area contributed by atoms with Crippen LogP contribution in [0.3, 0.4) is 0 Å². The summed E-state index contributed by atoms with van der Waals surface area (Å²) >= 11 is 0. The minimum atomic E-state index is -2.26. The second-order valence-corrected chi connectivity index (χ2v) is 11.4. The maximum Gasteiger partial charge on any atom is 0.237 e. The van der Waals surface area contributed by atoms with E-state index in [0.29, 0.717) is 0 Å². The Bertz CT molecular complexity index is 1200. The number of benzene rings is 2. The largest absolute Gasteiger partial charge is 0.369 e. The van der Waals surface area contributed by atoms with Gasteiger partial charge in [-0.3, -0.25) is 15.0 Å². The summed E-state index contributed by atoms with van der Waals surface area (Å²) < 4.78 is 72.5. The molecule has 1 amide bonds. The molecule has 1 heterocycles. The van der Waals surface area contributed by atoms with E-state index in [-0.39, 0.29) is 30.0 Å². The molecule has 0 radical (unpaired) electrons. The molecule has 2 aromatic rings. The zero-order valence-electron chi connectivity index (χ0n) is 23.4. The number of carbonyl (C=O) groups excluding carboxylic acids is 1. The van der Waals surface area contributed by atoms with E-state index < -0.39 is 52.6 Å². The Hall–Kier alpha value is -3.23. The van der Waals surface area contributed by atoms with E-state index in [0.717, 1.165) is 31.9 Å². The highest BCUT2D eigenvalue weighted by Gasteiger charge is 2.34. The lowest BCUT2D eigenvalue weighted by Crippen LogP contribution is -2.53. The van der Waals surface area contributed by atoms with Crippen LogP contribution in [0.1, 0.15) is 58.2 Å². The zero-order chi connectivity index (χ0) is 29.8. The van der Waals surface area contributed by atoms with E-state index in [1.54, 1.807) is 30.3 Å². The van der Waals surface area contributed by atoms with Gasteiger partial charge >= 0.3 is 0 Å². The van der Waals surface area contributed by atoms with Crippen LogP contribution in [0.25, 0.3) is 0 Å². The number of piperazine rings is 1. The summed E-state index contributed by atoms with van der Waals surface area (Å²) in [4.78, 5) is 17.3. The van der Waals surface area contributed by atoms with Crippen molar-refractivity contribution in [3.63, 3.8) is 0 Å². The number of hydrogen-bond acceptors (Lipinski definition) is 5. The van der Waals surface area contributed by atoms with Crippen molar-refractivity contribution in [2.45, 2.75) is 58.7 Å². The number of nitrogens with zero attached hydrogens (tertiary/aromatic N) is 3. The van der Waals surface area contributed by atoms with E-state index in [4.69, 9.17) is 5.26 Å². The highest BCUT2D eigenvalue weighted by molar-refractivity contribution is 5.82. The van der Waals surface area contributed by atoms with Crippen LogP contribution >= 0.6 is 0 Å². The van der Waals surface area contributed by atoms with Crippen LogP contribution in [0.4, 0.5) is 27.6 Å². The average Bonchev–Trinajstić information content (AvgIpc) is 2.92. The molecule has 0 spiro atoms. The molecule has 40 heavy (non-hydrogen) atoms. The number of hydrogen-bond donors (Lipinski definition) is 2. The first-order valence-electron chi connectivity index (χ1n) is 13.3. The van der Waals surface area contributed by atoms with Gasteiger partial charge in [-0.05, 0) is 50.8 Å². The number of carbonyl (C=O) groups is 1. The maximum absolute atomic E-state index is 15.0. The normalized spacial score (nSPS) is 16.1. The smallest absolute Gasteiger partial charge is 0.237 e. The van der Waals surface area contributed by atoms with Crippen molar-refractivity contribution in [2.24, 2.45) is 5.92 Å². The van der Waals surface area contributed by atoms with Crippen molar-refractivity contribution in [3.05, 3.63) is 64.5 Å². The fourth-order valence-electron chi connectivity index (χ4n) is 4.91. The monoisotopic (exact) mass is 565 g/mol. The Kier molecular flexibility index (Phi) is 10.1. The lowest BCUT2D eigenvalue weighted by Gasteiger charge is -2.43. The van der Waals surface area contributed by atoms with Gasteiger partial charge in [-0.25, -0.2) is 22.0 Å². The molecule has 1 aliphatic rings. The molecule has 3 rings (SSSR count). The van der Waals surface area contributed by atoms with E-state index in [2.05, 4.69) is 41.2 Å². The molecule has 11 heteroatoms. The molecule has 2 atom stereocenters. The molecule has 218 valence electrons. The van der Waals surface area contributed by atoms with Gasteiger partial charge in [0.25, 0.3) is 0 Å². The van der Waals surface area contributed by atoms with Gasteiger partial charge in [-0.2, -0.15) is 5.26 Å². The first kappa shape index (κ1) is 31.3. The van der Waals surface area contributed by atoms with E-state index in [1.807, 2.05) is 13.8 Å². The Morgan fingerprint density at radius 1 is 0.925 bits per heavy atom. The predicted octanol–water partition coefficient (Wildman–Crippen LogP) is 5.04. The third-order valence-corrected chi connectivity index (χ3v) is 7.09. The topological polar surface area (TPSA) is 71.4 Å². The summed E-state index contributed by atoms with van der Waals surface area (Å²) in [6.45, 7) is 13.0. The fourth-order valence-corrected chi connectivity index (χ4v) is 4.91. The van der Waals surface area contributed by atoms with Gasteiger partial charge < -0.3 is 10.2 Å². The van der Waals surface area contributed by atoms with Crippen molar-refractivity contribution >= 4 is 11.6 Å². The number of nitrogens with one attached hydrogen (secondary N) is 2. The number of amides is 1. The second kappa shape index (κ2) is 13.0. The van der Waals surface area contributed by atoms with Crippen molar-refractivity contribution in [1.82, 2.24) is 15.5 Å². The minimum Gasteiger partial charge on any atom is -0.369 e. The van der Waals surface area contributed by atoms with Crippen LogP contribution in [0, 0.1) is 46.3 Å². The Labute approximate surface area is 232 Å². The lowest BCUT2D eigenvalue weighted by molar-refractivity contribution is -0.123. The van der Waals surface area contributed by atoms with Gasteiger partial charge in [0.1, 0.15) is 6.54 Å². The molecule has 1 saturated heterocycles. The molecule has 6 nitrogen and oxygen atoms in total. The third-order valence-electron chi connectivity index (χ3n) is 7.09. The molecular formula is C29H36F5N5O. The Morgan fingerprint density at radius 2 is 1.45 bits per heavy atom. The highest BCUT2D eigenvalue weighted by Crippen LogP contribution is 2.33. The number of nitriles is 1. The lowest BCUT2D eigenvalue weighted by atomic mass is 9.93. The molecule has 2 aromatic carbocycles. The number of halogens is 5. The zero-order valence-corrected chi connectivity index (χ0v) is 23.4. The van der Waals surface area contributed by atoms with Gasteiger partial charge in [0, 0.05) is 37.4 Å². The summed E-state index contributed by atoms with van der Waals surface area (Å²) in [7, 11) is 0. The van der Waals surface area contributed by atoms with E-state index >= 15 is 8.78 Å². The Balaban J connectivity index is 2.01. The van der Waals surface area contributed by atoms with Crippen molar-refractivity contribution < 1.29 is 26.7 Å². The SMILES string of the molecule is CC(C)C[C@H](NC(c1ccc(N2CCN(C(C)(C)C)CC2)cc1)c1c(F)c(F)c(F)c(F)c1F)C(=O)NCC#N. The molecular weight excluding hydrogens is 529 g/mol. The molecule has 1 fully saturated rings. The van der Waals surface area contributed by atoms with Crippen LogP contribution in [0.2, 0.25) is 0 Å². The van der Waals surface area contributed by atoms with Gasteiger partial charge in [0.05, 0.1) is 23.7 Å². The van der Waals surface area contributed by atoms with Crippen molar-refractivity contribution in [3.8, 4) is 6.07 Å².